The lowest BCUT2D eigenvalue weighted by Gasteiger charge is -2.36. The minimum atomic E-state index is 0.0233. The van der Waals surface area contributed by atoms with Crippen LogP contribution >= 0.6 is 0 Å². The molecule has 4 heteroatoms. The van der Waals surface area contributed by atoms with Gasteiger partial charge in [0.15, 0.2) is 0 Å². The van der Waals surface area contributed by atoms with Crippen molar-refractivity contribution >= 4 is 5.97 Å². The molecular formula is C41H76N2O2. The van der Waals surface area contributed by atoms with E-state index in [1.54, 1.807) is 0 Å². The van der Waals surface area contributed by atoms with E-state index in [0.717, 1.165) is 77.4 Å². The second kappa shape index (κ2) is 31.2. The van der Waals surface area contributed by atoms with Crippen molar-refractivity contribution in [1.29, 1.82) is 0 Å². The first-order valence-corrected chi connectivity index (χ1v) is 19.7. The summed E-state index contributed by atoms with van der Waals surface area (Å²) in [5, 5.41) is 3.62. The van der Waals surface area contributed by atoms with Crippen LogP contribution in [-0.4, -0.2) is 49.7 Å². The number of esters is 1. The van der Waals surface area contributed by atoms with Crippen molar-refractivity contribution in [1.82, 2.24) is 10.2 Å². The molecule has 0 radical (unpaired) electrons. The van der Waals surface area contributed by atoms with Crippen LogP contribution < -0.4 is 5.32 Å². The molecule has 1 saturated heterocycles. The van der Waals surface area contributed by atoms with Gasteiger partial charge in [-0.25, -0.2) is 0 Å². The summed E-state index contributed by atoms with van der Waals surface area (Å²) >= 11 is 0. The third-order valence-corrected chi connectivity index (χ3v) is 9.29. The smallest absolute Gasteiger partial charge is 0.306 e. The summed E-state index contributed by atoms with van der Waals surface area (Å²) in [5.74, 6) is 0.483. The van der Waals surface area contributed by atoms with Crippen LogP contribution in [0.5, 0.6) is 0 Å². The molecule has 0 spiro atoms. The van der Waals surface area contributed by atoms with Gasteiger partial charge in [-0.2, -0.15) is 0 Å². The highest BCUT2D eigenvalue weighted by atomic mass is 16.5. The van der Waals surface area contributed by atoms with Crippen LogP contribution in [0.25, 0.3) is 0 Å². The van der Waals surface area contributed by atoms with E-state index in [9.17, 15) is 4.79 Å². The molecule has 1 aliphatic heterocycles. The molecule has 1 N–H and O–H groups in total. The molecule has 1 atom stereocenters. The summed E-state index contributed by atoms with van der Waals surface area (Å²) < 4.78 is 6.37. The summed E-state index contributed by atoms with van der Waals surface area (Å²) in [6.45, 7) is 10.1. The highest BCUT2D eigenvalue weighted by molar-refractivity contribution is 5.69. The van der Waals surface area contributed by atoms with Gasteiger partial charge in [0.25, 0.3) is 0 Å². The van der Waals surface area contributed by atoms with Crippen LogP contribution in [0, 0.1) is 5.92 Å². The number of unbranched alkanes of at least 4 members (excludes halogenated alkanes) is 13. The molecule has 4 nitrogen and oxygen atoms in total. The van der Waals surface area contributed by atoms with E-state index in [4.69, 9.17) is 4.74 Å². The monoisotopic (exact) mass is 629 g/mol. The molecule has 1 aliphatic rings. The van der Waals surface area contributed by atoms with Crippen LogP contribution in [-0.2, 0) is 9.53 Å². The van der Waals surface area contributed by atoms with E-state index < -0.39 is 0 Å². The molecule has 0 saturated carbocycles. The topological polar surface area (TPSA) is 41.6 Å². The van der Waals surface area contributed by atoms with E-state index in [1.165, 1.54) is 89.9 Å². The van der Waals surface area contributed by atoms with Gasteiger partial charge in [-0.1, -0.05) is 95.8 Å². The van der Waals surface area contributed by atoms with Crippen molar-refractivity contribution < 1.29 is 9.53 Å². The first-order valence-electron chi connectivity index (χ1n) is 19.7. The zero-order valence-corrected chi connectivity index (χ0v) is 30.6. The van der Waals surface area contributed by atoms with Gasteiger partial charge in [-0.3, -0.25) is 4.79 Å². The number of likely N-dealkylation sites (N-methyl/N-ethyl adjacent to an activating group) is 1. The normalized spacial score (nSPS) is 15.2. The summed E-state index contributed by atoms with van der Waals surface area (Å²) in [7, 11) is 2.17. The fourth-order valence-corrected chi connectivity index (χ4v) is 6.34. The van der Waals surface area contributed by atoms with Gasteiger partial charge in [0, 0.05) is 25.6 Å². The number of allylic oxidation sites excluding steroid dienone is 6. The van der Waals surface area contributed by atoms with E-state index >= 15 is 0 Å². The number of rotatable bonds is 32. The van der Waals surface area contributed by atoms with E-state index in [-0.39, 0.29) is 12.1 Å². The first kappa shape index (κ1) is 41.6. The van der Waals surface area contributed by atoms with E-state index in [0.29, 0.717) is 18.4 Å². The molecule has 0 aromatic rings. The summed E-state index contributed by atoms with van der Waals surface area (Å²) in [6, 6.07) is 0.630. The Labute approximate surface area is 281 Å². The summed E-state index contributed by atoms with van der Waals surface area (Å²) in [4.78, 5) is 15.5. The minimum Gasteiger partial charge on any atom is -0.462 e. The number of ether oxygens (including phenoxy) is 1. The second-order valence-electron chi connectivity index (χ2n) is 13.8. The quantitative estimate of drug-likeness (QED) is 0.0457. The van der Waals surface area contributed by atoms with Gasteiger partial charge in [0.2, 0.25) is 0 Å². The third-order valence-electron chi connectivity index (χ3n) is 9.29. The maximum atomic E-state index is 13.1. The molecular weight excluding hydrogens is 552 g/mol. The van der Waals surface area contributed by atoms with Gasteiger partial charge >= 0.3 is 5.97 Å². The Bertz CT molecular complexity index is 714. The number of carbonyl (C=O) groups is 1. The van der Waals surface area contributed by atoms with Crippen LogP contribution in [0.3, 0.4) is 0 Å². The lowest BCUT2D eigenvalue weighted by molar-refractivity contribution is -0.153. The SMILES string of the molecule is CCCCC/C=C\CCCC(CCC/C=C\CCCCC)C(CCC/C=C\CCCCC)OC(=O)CCCCNC1CN(C)C1. The van der Waals surface area contributed by atoms with E-state index in [1.807, 2.05) is 0 Å². The molecule has 0 aliphatic carbocycles. The lowest BCUT2D eigenvalue weighted by Crippen LogP contribution is -2.56. The Morgan fingerprint density at radius 1 is 0.644 bits per heavy atom. The van der Waals surface area contributed by atoms with Gasteiger partial charge in [-0.15, -0.1) is 0 Å². The fraction of sp³-hybridized carbons (Fsp3) is 0.829. The van der Waals surface area contributed by atoms with Crippen LogP contribution in [0.4, 0.5) is 0 Å². The standard InChI is InChI=1S/C41H76N2O2/c1-5-8-11-14-17-20-23-26-31-38(32-27-24-21-18-15-12-9-6-2)40(33-28-25-22-19-16-13-10-7-3)45-41(44)34-29-30-35-42-39-36-43(4)37-39/h17-22,38-40,42H,5-16,23-37H2,1-4H3/b20-17-,21-18-,22-19-. The Morgan fingerprint density at radius 2 is 1.09 bits per heavy atom. The predicted octanol–water partition coefficient (Wildman–Crippen LogP) is 11.5. The Hall–Kier alpha value is -1.39. The fourth-order valence-electron chi connectivity index (χ4n) is 6.34. The third kappa shape index (κ3) is 25.4. The van der Waals surface area contributed by atoms with Crippen LogP contribution in [0.1, 0.15) is 175 Å². The second-order valence-corrected chi connectivity index (χ2v) is 13.8. The molecule has 1 heterocycles. The van der Waals surface area contributed by atoms with Crippen molar-refractivity contribution in [3.05, 3.63) is 36.5 Å². The zero-order chi connectivity index (χ0) is 32.6. The summed E-state index contributed by atoms with van der Waals surface area (Å²) in [5.41, 5.74) is 0. The largest absolute Gasteiger partial charge is 0.462 e. The van der Waals surface area contributed by atoms with Crippen molar-refractivity contribution in [3.8, 4) is 0 Å². The van der Waals surface area contributed by atoms with Crippen molar-refractivity contribution in [2.75, 3.05) is 26.7 Å². The average Bonchev–Trinajstić information content (AvgIpc) is 3.02. The molecule has 0 aromatic heterocycles. The van der Waals surface area contributed by atoms with Gasteiger partial charge in [-0.05, 0) is 129 Å². The Morgan fingerprint density at radius 3 is 1.53 bits per heavy atom. The first-order chi connectivity index (χ1) is 22.1. The zero-order valence-electron chi connectivity index (χ0n) is 30.6. The van der Waals surface area contributed by atoms with Gasteiger partial charge in [0.05, 0.1) is 0 Å². The molecule has 1 unspecified atom stereocenters. The highest BCUT2D eigenvalue weighted by Gasteiger charge is 2.25. The van der Waals surface area contributed by atoms with Gasteiger partial charge in [0.1, 0.15) is 6.10 Å². The Balaban J connectivity index is 2.68. The van der Waals surface area contributed by atoms with Crippen LogP contribution in [0.2, 0.25) is 0 Å². The van der Waals surface area contributed by atoms with Crippen molar-refractivity contribution in [3.63, 3.8) is 0 Å². The molecule has 1 fully saturated rings. The lowest BCUT2D eigenvalue weighted by atomic mass is 9.87. The van der Waals surface area contributed by atoms with Crippen LogP contribution in [0.15, 0.2) is 36.5 Å². The maximum Gasteiger partial charge on any atom is 0.306 e. The molecule has 0 bridgehead atoms. The molecule has 0 aromatic carbocycles. The van der Waals surface area contributed by atoms with Crippen molar-refractivity contribution in [2.45, 2.75) is 187 Å². The molecule has 45 heavy (non-hydrogen) atoms. The number of likely N-dealkylation sites (tertiary alicyclic amines) is 1. The van der Waals surface area contributed by atoms with E-state index in [2.05, 4.69) is 74.5 Å². The van der Waals surface area contributed by atoms with Gasteiger partial charge < -0.3 is 15.0 Å². The predicted molar refractivity (Wildman–Crippen MR) is 198 cm³/mol. The Kier molecular flexibility index (Phi) is 28.9. The summed E-state index contributed by atoms with van der Waals surface area (Å²) in [6.07, 6.45) is 42.4. The highest BCUT2D eigenvalue weighted by Crippen LogP contribution is 2.27. The molecule has 1 rings (SSSR count). The number of carbonyl (C=O) groups excluding carboxylic acids is 1. The maximum absolute atomic E-state index is 13.1. The molecule has 262 valence electrons. The number of nitrogens with zero attached hydrogens (tertiary/aromatic N) is 1. The average molecular weight is 629 g/mol. The number of nitrogens with one attached hydrogen (secondary N) is 1. The molecule has 0 amide bonds. The number of hydrogen-bond acceptors (Lipinski definition) is 4. The number of hydrogen-bond donors (Lipinski definition) is 1. The van der Waals surface area contributed by atoms with Crippen molar-refractivity contribution in [2.24, 2.45) is 5.92 Å². The minimum absolute atomic E-state index is 0.0233.